The summed E-state index contributed by atoms with van der Waals surface area (Å²) in [6, 6.07) is 32.9. The minimum absolute atomic E-state index is 0.00329. The maximum absolute atomic E-state index is 11.5. The molecule has 0 fully saturated rings. The average molecular weight is 2030 g/mol. The first kappa shape index (κ1) is 126. The average Bonchev–Trinajstić information content (AvgIpc) is 0.824. The summed E-state index contributed by atoms with van der Waals surface area (Å²) >= 11 is 0. The second-order valence-corrected chi connectivity index (χ2v) is 30.9. The monoisotopic (exact) mass is 2030 g/mol. The molecule has 8 N–H and O–H groups in total. The first-order chi connectivity index (χ1) is 68.1. The molecule has 0 bridgehead atoms. The van der Waals surface area contributed by atoms with Crippen LogP contribution in [0.4, 0.5) is 0 Å². The maximum atomic E-state index is 11.5. The van der Waals surface area contributed by atoms with Gasteiger partial charge in [0.2, 0.25) is 23.0 Å². The van der Waals surface area contributed by atoms with Crippen LogP contribution in [0.25, 0.3) is 0 Å². The van der Waals surface area contributed by atoms with E-state index in [1.807, 2.05) is 0 Å². The smallest absolute Gasteiger partial charge is 0.338 e. The van der Waals surface area contributed by atoms with E-state index in [0.29, 0.717) is 0 Å². The van der Waals surface area contributed by atoms with Crippen molar-refractivity contribution in [2.75, 3.05) is 0 Å². The molecule has 0 aliphatic rings. The highest BCUT2D eigenvalue weighted by atomic mass is 16.6. The number of rotatable bonds is 31. The number of phenols is 8. The summed E-state index contributed by atoms with van der Waals surface area (Å²) in [6.07, 6.45) is 0.799. The molecule has 8 aromatic carbocycles. The Kier molecular flexibility index (Phi) is 53.9. The molecule has 8 rings (SSSR count). The topological polar surface area (TPSA) is 583 Å². The summed E-state index contributed by atoms with van der Waals surface area (Å²) in [4.78, 5) is 180. The van der Waals surface area contributed by atoms with Gasteiger partial charge in [0.25, 0.3) is 0 Å². The third kappa shape index (κ3) is 46.1. The van der Waals surface area contributed by atoms with Crippen LogP contribution in [0.1, 0.15) is 157 Å². The van der Waals surface area contributed by atoms with Crippen molar-refractivity contribution in [3.05, 3.63) is 243 Å². The largest absolute Gasteiger partial charge is 0.504 e. The molecule has 146 heavy (non-hydrogen) atoms. The van der Waals surface area contributed by atoms with Crippen LogP contribution >= 0.6 is 0 Å². The van der Waals surface area contributed by atoms with E-state index in [0.717, 1.165) is 0 Å². The third-order valence-corrected chi connectivity index (χ3v) is 16.3. The van der Waals surface area contributed by atoms with Gasteiger partial charge in [-0.3, -0.25) is 38.4 Å². The van der Waals surface area contributed by atoms with Crippen LogP contribution in [0.5, 0.6) is 138 Å². The molecule has 40 heteroatoms. The molecule has 0 amide bonds. The van der Waals surface area contributed by atoms with Gasteiger partial charge in [-0.1, -0.05) is 146 Å². The predicted molar refractivity (Wildman–Crippen MR) is 525 cm³/mol. The van der Waals surface area contributed by atoms with Crippen molar-refractivity contribution in [2.45, 2.75) is 157 Å². The highest BCUT2D eigenvalue weighted by Gasteiger charge is 2.25. The lowest BCUT2D eigenvalue weighted by Crippen LogP contribution is -2.16. The summed E-state index contributed by atoms with van der Waals surface area (Å²) < 4.78 is 78.7. The van der Waals surface area contributed by atoms with Crippen molar-refractivity contribution in [1.29, 1.82) is 0 Å². The van der Waals surface area contributed by atoms with Gasteiger partial charge in [0, 0.05) is 101 Å². The quantitative estimate of drug-likeness (QED) is 0.0114. The van der Waals surface area contributed by atoms with Crippen LogP contribution in [-0.4, -0.2) is 136 Å². The van der Waals surface area contributed by atoms with Crippen LogP contribution in [0, 0.1) is 17.8 Å². The van der Waals surface area contributed by atoms with Crippen LogP contribution in [-0.2, 0) is 76.7 Å². The summed E-state index contributed by atoms with van der Waals surface area (Å²) in [5.74, 6) is -12.5. The van der Waals surface area contributed by atoms with E-state index in [9.17, 15) is 118 Å². The lowest BCUT2D eigenvalue weighted by molar-refractivity contribution is -0.139. The number of hydrogen-bond donors (Lipinski definition) is 8. The van der Waals surface area contributed by atoms with Crippen LogP contribution in [0.2, 0.25) is 0 Å². The molecule has 0 aliphatic carbocycles. The SMILES string of the molecule is C=C(C)C(=O)Oc1c(O)cccc1OC(=O)C(C)C.C=C(C)C(=O)Oc1c(O)cccc1OC(=O)CC.C=C(C)C(=O)Oc1cc(OC(=O)C(C)C)ccc1O.C=C(C)C(=O)Oc1cc(OC(=O)CC)ccc1O.C=C(C)C(=O)Oc1ccc(OC(=O)CC)cc1O.C=C(C)C(=O)Oc1ccc(OC(C)=O)cc1O.C=C(C)C(=O)Oc1cccc(OC(=O)C(C)C)c1O.C=C(C)C(=O)Oc1cccc(OC(=O)CC)c1O. The van der Waals surface area contributed by atoms with Gasteiger partial charge in [-0.25, -0.2) is 38.4 Å². The van der Waals surface area contributed by atoms with Gasteiger partial charge in [0.1, 0.15) is 23.0 Å². The van der Waals surface area contributed by atoms with E-state index < -0.39 is 107 Å². The first-order valence-corrected chi connectivity index (χ1v) is 43.4. The lowest BCUT2D eigenvalue weighted by Gasteiger charge is -2.12. The Morgan fingerprint density at radius 1 is 0.219 bits per heavy atom. The number of benzene rings is 8. The number of ether oxygens (including phenoxy) is 16. The summed E-state index contributed by atoms with van der Waals surface area (Å²) in [7, 11) is 0. The molecule has 0 saturated heterocycles. The van der Waals surface area contributed by atoms with Crippen molar-refractivity contribution >= 4 is 95.5 Å². The summed E-state index contributed by atoms with van der Waals surface area (Å²) in [5, 5.41) is 77.1. The van der Waals surface area contributed by atoms with E-state index in [1.54, 1.807) is 69.2 Å². The molecule has 780 valence electrons. The predicted octanol–water partition coefficient (Wildman–Crippen LogP) is 17.9. The highest BCUT2D eigenvalue weighted by Crippen LogP contribution is 2.42. The van der Waals surface area contributed by atoms with E-state index in [1.165, 1.54) is 208 Å². The molecule has 0 unspecified atom stereocenters. The zero-order valence-corrected chi connectivity index (χ0v) is 83.7. The number of carbonyl (C=O) groups is 16. The number of phenolic OH excluding ortho intramolecular Hbond substituents is 8. The molecular weight excluding hydrogens is 1910 g/mol. The van der Waals surface area contributed by atoms with Crippen molar-refractivity contribution < 1.29 is 193 Å². The molecule has 0 saturated carbocycles. The molecule has 40 nitrogen and oxygen atoms in total. The lowest BCUT2D eigenvalue weighted by atomic mass is 10.2. The van der Waals surface area contributed by atoms with Gasteiger partial charge in [0.05, 0.1) is 17.8 Å². The zero-order chi connectivity index (χ0) is 112. The molecule has 0 heterocycles. The van der Waals surface area contributed by atoms with Gasteiger partial charge in [-0.05, 0) is 152 Å². The Morgan fingerprint density at radius 2 is 0.438 bits per heavy atom. The van der Waals surface area contributed by atoms with Gasteiger partial charge in [-0.15, -0.1) is 0 Å². The fourth-order valence-electron chi connectivity index (χ4n) is 8.41. The number of para-hydroxylation sites is 4. The fourth-order valence-corrected chi connectivity index (χ4v) is 8.41. The van der Waals surface area contributed by atoms with Gasteiger partial charge in [-0.2, -0.15) is 0 Å². The minimum atomic E-state index is -0.705. The molecule has 0 aromatic heterocycles. The number of aromatic hydroxyl groups is 8. The molecule has 0 radical (unpaired) electrons. The van der Waals surface area contributed by atoms with E-state index >= 15 is 0 Å². The fraction of sp³-hybridized carbons (Fsp3) is 0.245. The van der Waals surface area contributed by atoms with Crippen molar-refractivity contribution in [1.82, 2.24) is 0 Å². The van der Waals surface area contributed by atoms with Crippen LogP contribution in [0.3, 0.4) is 0 Å². The second-order valence-electron chi connectivity index (χ2n) is 30.9. The van der Waals surface area contributed by atoms with Gasteiger partial charge in [0.15, 0.2) is 92.0 Å². The Balaban J connectivity index is 0.000000834. The first-order valence-electron chi connectivity index (χ1n) is 43.4. The third-order valence-electron chi connectivity index (χ3n) is 16.3. The second kappa shape index (κ2) is 62.6. The highest BCUT2D eigenvalue weighted by molar-refractivity contribution is 5.94. The summed E-state index contributed by atoms with van der Waals surface area (Å²) in [5.41, 5.74) is 1.57. The Labute approximate surface area is 840 Å². The number of hydrogen-bond acceptors (Lipinski definition) is 40. The molecule has 0 spiro atoms. The summed E-state index contributed by atoms with van der Waals surface area (Å²) in [6.45, 7) is 57.2. The van der Waals surface area contributed by atoms with Gasteiger partial charge >= 0.3 is 95.5 Å². The number of esters is 16. The molecule has 0 aliphatic heterocycles. The van der Waals surface area contributed by atoms with Gasteiger partial charge < -0.3 is 117 Å². The van der Waals surface area contributed by atoms with Crippen molar-refractivity contribution in [3.8, 4) is 138 Å². The van der Waals surface area contributed by atoms with E-state index in [4.69, 9.17) is 75.8 Å². The standard InChI is InChI=1S/3C14H16O5.4C13H14O5.C12H12O5/c1-8(2)13(16)18-10-5-6-11(15)12(7-10)19-14(17)9(3)4;1-8(2)13(16)18-10-6-5-7-11(12(10)15)19-14(17)9(3)4;1-8(2)13(16)18-11-7-5-6-10(15)12(11)19-14(17)9(3)4;1-4-12(15)17-9-5-6-11(10(14)7-9)18-13(16)8(2)3;1-4-12(15)17-9-5-6-10(14)11(7-9)18-13(16)8(2)3;1-4-11(14)17-9-6-5-7-10(12(9)15)18-13(16)8(2)3;1-4-11(15)17-10-7-5-6-9(14)12(10)18-13(16)8(2)3;1-7(2)12(15)17-11-5-4-9(6-10(11)14)16-8(3)13/h5-8,15H,3H2,1-2,4H3;5-7,9,15H,1H2,2-4H3;5-8,15H,3H2,1-2,4H3;2*5-7,14H,2,4H2,1,3H3;5-7,15H,2,4H2,1,3H3;5-7,14H,2,4H2,1,3H3;4-6,14H,1H2,2-3H3. The maximum Gasteiger partial charge on any atom is 0.338 e. The minimum Gasteiger partial charge on any atom is -0.504 e. The Bertz CT molecular complexity index is 6160. The number of carbonyl (C=O) groups excluding carboxylic acids is 16. The Hall–Kier alpha value is -18.4. The van der Waals surface area contributed by atoms with Crippen molar-refractivity contribution in [3.63, 3.8) is 0 Å². The van der Waals surface area contributed by atoms with Crippen LogP contribution < -0.4 is 75.8 Å². The van der Waals surface area contributed by atoms with E-state index in [2.05, 4.69) is 52.6 Å². The zero-order valence-electron chi connectivity index (χ0n) is 83.7. The van der Waals surface area contributed by atoms with E-state index in [-0.39, 0.29) is 215 Å². The van der Waals surface area contributed by atoms with Crippen LogP contribution in [0.15, 0.2) is 243 Å². The molecule has 0 atom stereocenters. The van der Waals surface area contributed by atoms with Crippen molar-refractivity contribution in [2.24, 2.45) is 17.8 Å². The normalized spacial score (nSPS) is 9.82. The molecule has 8 aromatic rings. The molecular formula is C106H116O40. The Morgan fingerprint density at radius 3 is 0.733 bits per heavy atom.